The maximum Gasteiger partial charge on any atom is 0.260 e. The van der Waals surface area contributed by atoms with E-state index in [0.717, 1.165) is 10.0 Å². The van der Waals surface area contributed by atoms with E-state index in [-0.39, 0.29) is 19.1 Å². The first-order valence-electron chi connectivity index (χ1n) is 7.62. The highest BCUT2D eigenvalue weighted by molar-refractivity contribution is 9.10. The van der Waals surface area contributed by atoms with E-state index in [1.807, 2.05) is 42.5 Å². The summed E-state index contributed by atoms with van der Waals surface area (Å²) in [7, 11) is 1.67. The van der Waals surface area contributed by atoms with Gasteiger partial charge in [-0.1, -0.05) is 51.4 Å². The molecule has 0 saturated heterocycles. The van der Waals surface area contributed by atoms with Crippen molar-refractivity contribution in [2.75, 3.05) is 13.7 Å². The molecule has 0 bridgehead atoms. The normalized spacial score (nSPS) is 10.5. The second-order valence-electron chi connectivity index (χ2n) is 5.37. The van der Waals surface area contributed by atoms with Gasteiger partial charge in [-0.2, -0.15) is 4.98 Å². The van der Waals surface area contributed by atoms with Gasteiger partial charge in [0.15, 0.2) is 6.61 Å². The molecular weight excluding hydrogens is 386 g/mol. The highest BCUT2D eigenvalue weighted by Gasteiger charge is 2.15. The monoisotopic (exact) mass is 401 g/mol. The summed E-state index contributed by atoms with van der Waals surface area (Å²) >= 11 is 3.41. The van der Waals surface area contributed by atoms with E-state index >= 15 is 0 Å². The Morgan fingerprint density at radius 3 is 2.76 bits per heavy atom. The molecule has 3 rings (SSSR count). The Hall–Kier alpha value is -2.67. The molecule has 128 valence electrons. The molecule has 0 fully saturated rings. The van der Waals surface area contributed by atoms with Crippen LogP contribution in [0.5, 0.6) is 5.75 Å². The molecule has 3 aromatic rings. The van der Waals surface area contributed by atoms with Crippen molar-refractivity contribution in [1.82, 2.24) is 15.0 Å². The average molecular weight is 402 g/mol. The first kappa shape index (κ1) is 17.2. The van der Waals surface area contributed by atoms with Gasteiger partial charge in [0.25, 0.3) is 5.91 Å². The number of nitrogens with zero attached hydrogens (tertiary/aromatic N) is 3. The largest absolute Gasteiger partial charge is 0.484 e. The number of para-hydroxylation sites is 1. The molecule has 1 amide bonds. The zero-order chi connectivity index (χ0) is 17.6. The summed E-state index contributed by atoms with van der Waals surface area (Å²) in [5.74, 6) is 1.33. The summed E-state index contributed by atoms with van der Waals surface area (Å²) in [4.78, 5) is 18.0. The summed E-state index contributed by atoms with van der Waals surface area (Å²) in [6.07, 6.45) is 0. The number of hydrogen-bond acceptors (Lipinski definition) is 5. The molecule has 0 saturated carbocycles. The van der Waals surface area contributed by atoms with Crippen LogP contribution in [0.3, 0.4) is 0 Å². The molecule has 0 aliphatic heterocycles. The van der Waals surface area contributed by atoms with Crippen LogP contribution in [0, 0.1) is 0 Å². The fraction of sp³-hybridized carbons (Fsp3) is 0.167. The SMILES string of the molecule is CN(Cc1nc(-c2cccc(Br)c2)no1)C(=O)COc1ccccc1. The topological polar surface area (TPSA) is 68.5 Å². The van der Waals surface area contributed by atoms with Crippen molar-refractivity contribution in [2.24, 2.45) is 0 Å². The van der Waals surface area contributed by atoms with E-state index in [2.05, 4.69) is 26.1 Å². The number of hydrogen-bond donors (Lipinski definition) is 0. The molecule has 0 aliphatic carbocycles. The van der Waals surface area contributed by atoms with Gasteiger partial charge in [0, 0.05) is 17.1 Å². The predicted molar refractivity (Wildman–Crippen MR) is 95.8 cm³/mol. The number of ether oxygens (including phenoxy) is 1. The summed E-state index contributed by atoms with van der Waals surface area (Å²) < 4.78 is 11.6. The Morgan fingerprint density at radius 1 is 1.20 bits per heavy atom. The zero-order valence-corrected chi connectivity index (χ0v) is 15.1. The van der Waals surface area contributed by atoms with E-state index in [1.165, 1.54) is 4.90 Å². The second kappa shape index (κ2) is 7.94. The second-order valence-corrected chi connectivity index (χ2v) is 6.29. The molecule has 0 spiro atoms. The van der Waals surface area contributed by atoms with E-state index in [4.69, 9.17) is 9.26 Å². The lowest BCUT2D eigenvalue weighted by Crippen LogP contribution is -2.31. The van der Waals surface area contributed by atoms with Crippen molar-refractivity contribution in [3.8, 4) is 17.1 Å². The lowest BCUT2D eigenvalue weighted by atomic mass is 10.2. The van der Waals surface area contributed by atoms with Crippen molar-refractivity contribution < 1.29 is 14.1 Å². The number of rotatable bonds is 6. The number of amides is 1. The summed E-state index contributed by atoms with van der Waals surface area (Å²) in [5, 5.41) is 3.96. The Labute approximate surface area is 153 Å². The number of benzene rings is 2. The Bertz CT molecular complexity index is 852. The number of likely N-dealkylation sites (N-methyl/N-ethyl adjacent to an activating group) is 1. The maximum absolute atomic E-state index is 12.1. The van der Waals surface area contributed by atoms with Crippen LogP contribution in [0.4, 0.5) is 0 Å². The molecule has 25 heavy (non-hydrogen) atoms. The maximum atomic E-state index is 12.1. The van der Waals surface area contributed by atoms with Crippen LogP contribution in [0.1, 0.15) is 5.89 Å². The fourth-order valence-corrected chi connectivity index (χ4v) is 2.53. The van der Waals surface area contributed by atoms with Gasteiger partial charge in [0.1, 0.15) is 5.75 Å². The van der Waals surface area contributed by atoms with E-state index in [9.17, 15) is 4.79 Å². The minimum absolute atomic E-state index is 0.0485. The highest BCUT2D eigenvalue weighted by Crippen LogP contribution is 2.20. The molecule has 0 aliphatic rings. The van der Waals surface area contributed by atoms with Gasteiger partial charge in [-0.25, -0.2) is 0 Å². The van der Waals surface area contributed by atoms with Crippen LogP contribution in [-0.2, 0) is 11.3 Å². The average Bonchev–Trinajstić information content (AvgIpc) is 3.09. The van der Waals surface area contributed by atoms with Gasteiger partial charge < -0.3 is 14.2 Å². The van der Waals surface area contributed by atoms with Gasteiger partial charge in [0.05, 0.1) is 6.54 Å². The third kappa shape index (κ3) is 4.67. The Kier molecular flexibility index (Phi) is 5.45. The zero-order valence-electron chi connectivity index (χ0n) is 13.6. The highest BCUT2D eigenvalue weighted by atomic mass is 79.9. The van der Waals surface area contributed by atoms with Crippen molar-refractivity contribution in [1.29, 1.82) is 0 Å². The fourth-order valence-electron chi connectivity index (χ4n) is 2.13. The quantitative estimate of drug-likeness (QED) is 0.631. The molecule has 1 aromatic heterocycles. The van der Waals surface area contributed by atoms with Gasteiger partial charge in [-0.15, -0.1) is 0 Å². The summed E-state index contributed by atoms with van der Waals surface area (Å²) in [6.45, 7) is 0.172. The lowest BCUT2D eigenvalue weighted by molar-refractivity contribution is -0.132. The lowest BCUT2D eigenvalue weighted by Gasteiger charge is -2.15. The molecule has 0 radical (unpaired) electrons. The first-order chi connectivity index (χ1) is 12.1. The van der Waals surface area contributed by atoms with E-state index < -0.39 is 0 Å². The minimum atomic E-state index is -0.175. The van der Waals surface area contributed by atoms with Gasteiger partial charge in [0.2, 0.25) is 11.7 Å². The van der Waals surface area contributed by atoms with Crippen molar-refractivity contribution in [3.05, 3.63) is 65.0 Å². The Balaban J connectivity index is 1.57. The van der Waals surface area contributed by atoms with Crippen LogP contribution in [0.2, 0.25) is 0 Å². The molecule has 6 nitrogen and oxygen atoms in total. The van der Waals surface area contributed by atoms with Crippen LogP contribution >= 0.6 is 15.9 Å². The van der Waals surface area contributed by atoms with Crippen LogP contribution in [-0.4, -0.2) is 34.6 Å². The van der Waals surface area contributed by atoms with E-state index in [1.54, 1.807) is 19.2 Å². The number of aromatic nitrogens is 2. The molecule has 0 unspecified atom stereocenters. The smallest absolute Gasteiger partial charge is 0.260 e. The molecule has 2 aromatic carbocycles. The van der Waals surface area contributed by atoms with Gasteiger partial charge in [-0.3, -0.25) is 4.79 Å². The number of halogens is 1. The summed E-state index contributed by atoms with van der Waals surface area (Å²) in [6, 6.07) is 16.8. The predicted octanol–water partition coefficient (Wildman–Crippen LogP) is 3.54. The first-order valence-corrected chi connectivity index (χ1v) is 8.41. The standard InChI is InChI=1S/C18H16BrN3O3/c1-22(17(23)12-24-15-8-3-2-4-9-15)11-16-20-18(21-25-16)13-6-5-7-14(19)10-13/h2-10H,11-12H2,1H3. The van der Waals surface area contributed by atoms with Crippen molar-refractivity contribution >= 4 is 21.8 Å². The minimum Gasteiger partial charge on any atom is -0.484 e. The third-order valence-electron chi connectivity index (χ3n) is 3.45. The van der Waals surface area contributed by atoms with Crippen molar-refractivity contribution in [2.45, 2.75) is 6.54 Å². The molecule has 7 heteroatoms. The van der Waals surface area contributed by atoms with Crippen LogP contribution < -0.4 is 4.74 Å². The number of carbonyl (C=O) groups is 1. The van der Waals surface area contributed by atoms with Gasteiger partial charge >= 0.3 is 0 Å². The number of carbonyl (C=O) groups excluding carboxylic acids is 1. The Morgan fingerprint density at radius 2 is 2.00 bits per heavy atom. The van der Waals surface area contributed by atoms with E-state index in [0.29, 0.717) is 17.5 Å². The van der Waals surface area contributed by atoms with Crippen LogP contribution in [0.25, 0.3) is 11.4 Å². The molecule has 0 atom stereocenters. The third-order valence-corrected chi connectivity index (χ3v) is 3.95. The molecule has 0 N–H and O–H groups in total. The molecule has 1 heterocycles. The molecular formula is C18H16BrN3O3. The van der Waals surface area contributed by atoms with Gasteiger partial charge in [-0.05, 0) is 24.3 Å². The van der Waals surface area contributed by atoms with Crippen LogP contribution in [0.15, 0.2) is 63.6 Å². The summed E-state index contributed by atoms with van der Waals surface area (Å²) in [5.41, 5.74) is 0.839. The van der Waals surface area contributed by atoms with Crippen molar-refractivity contribution in [3.63, 3.8) is 0 Å².